The lowest BCUT2D eigenvalue weighted by Gasteiger charge is -2.37. The molecule has 0 N–H and O–H groups in total. The van der Waals surface area contributed by atoms with Crippen LogP contribution in [0.2, 0.25) is 0 Å². The van der Waals surface area contributed by atoms with Crippen molar-refractivity contribution in [1.82, 2.24) is 14.8 Å². The van der Waals surface area contributed by atoms with E-state index in [9.17, 15) is 8.78 Å². The van der Waals surface area contributed by atoms with Gasteiger partial charge < -0.3 is 9.47 Å². The van der Waals surface area contributed by atoms with E-state index in [0.717, 1.165) is 37.5 Å². The molecule has 2 aromatic rings. The second-order valence-electron chi connectivity index (χ2n) is 6.22. The molecule has 1 saturated heterocycles. The molecular weight excluding hydrogens is 348 g/mol. The average molecular weight is 369 g/mol. The van der Waals surface area contributed by atoms with Crippen molar-refractivity contribution in [1.29, 1.82) is 0 Å². The lowest BCUT2D eigenvalue weighted by atomic mass is 9.91. The molecule has 136 valence electrons. The number of hydrogen-bond acceptors (Lipinski definition) is 5. The number of aromatic nitrogens is 3. The summed E-state index contributed by atoms with van der Waals surface area (Å²) in [6.45, 7) is 2.59. The summed E-state index contributed by atoms with van der Waals surface area (Å²) in [6.07, 6.45) is 4.73. The minimum atomic E-state index is -1.15. The van der Waals surface area contributed by atoms with Crippen molar-refractivity contribution in [3.63, 3.8) is 0 Å². The van der Waals surface area contributed by atoms with E-state index in [0.29, 0.717) is 6.61 Å². The zero-order valence-electron chi connectivity index (χ0n) is 13.9. The molecule has 0 radical (unpaired) electrons. The Morgan fingerprint density at radius 2 is 2.28 bits per heavy atom. The number of benzene rings is 1. The molecule has 1 fully saturated rings. The maximum atomic E-state index is 14.5. The van der Waals surface area contributed by atoms with Gasteiger partial charge in [-0.05, 0) is 44.4 Å². The first-order valence-corrected chi connectivity index (χ1v) is 8.71. The molecule has 25 heavy (non-hydrogen) atoms. The molecule has 1 aliphatic rings. The third kappa shape index (κ3) is 4.19. The van der Waals surface area contributed by atoms with Crippen molar-refractivity contribution >= 4 is 12.6 Å². The predicted molar refractivity (Wildman–Crippen MR) is 91.2 cm³/mol. The van der Waals surface area contributed by atoms with Gasteiger partial charge in [-0.2, -0.15) is 17.7 Å². The number of hydrogen-bond donors (Lipinski definition) is 1. The van der Waals surface area contributed by atoms with Crippen LogP contribution in [0.1, 0.15) is 31.7 Å². The monoisotopic (exact) mass is 369 g/mol. The van der Waals surface area contributed by atoms with Gasteiger partial charge in [-0.1, -0.05) is 0 Å². The second kappa shape index (κ2) is 7.80. The molecule has 1 aliphatic heterocycles. The first-order chi connectivity index (χ1) is 12.0. The largest absolute Gasteiger partial charge is 0.353 e. The number of thiol groups is 1. The van der Waals surface area contributed by atoms with Crippen molar-refractivity contribution in [3.8, 4) is 0 Å². The number of rotatable bonds is 6. The summed E-state index contributed by atoms with van der Waals surface area (Å²) in [5.41, 5.74) is 0.120. The number of nitrogens with zero attached hydrogens (tertiary/aromatic N) is 3. The van der Waals surface area contributed by atoms with Gasteiger partial charge in [0.05, 0.1) is 17.4 Å². The van der Waals surface area contributed by atoms with Crippen LogP contribution in [0.4, 0.5) is 8.78 Å². The van der Waals surface area contributed by atoms with Crippen LogP contribution in [0, 0.1) is 11.6 Å². The number of ether oxygens (including phenoxy) is 2. The molecule has 8 heteroatoms. The zero-order valence-corrected chi connectivity index (χ0v) is 14.8. The van der Waals surface area contributed by atoms with Gasteiger partial charge in [-0.15, -0.1) is 0 Å². The van der Waals surface area contributed by atoms with Crippen molar-refractivity contribution in [2.24, 2.45) is 0 Å². The standard InChI is InChI=1S/C17H21F2N3O2S/c1-12(24-16-4-2-3-7-23-16)17(25,9-22-11-20-10-21-22)14-8-13(18)5-6-15(14)19/h5-6,8,10-12,16,25H,2-4,7,9H2,1H3. The SMILES string of the molecule is CC(OC1CCCCO1)C(S)(Cn1cncn1)c1cc(F)ccc1F. The van der Waals surface area contributed by atoms with Gasteiger partial charge in [-0.3, -0.25) is 4.68 Å². The van der Waals surface area contributed by atoms with Gasteiger partial charge in [0.25, 0.3) is 0 Å². The molecule has 5 nitrogen and oxygen atoms in total. The van der Waals surface area contributed by atoms with Crippen LogP contribution in [-0.2, 0) is 20.8 Å². The highest BCUT2D eigenvalue weighted by molar-refractivity contribution is 7.81. The van der Waals surface area contributed by atoms with Gasteiger partial charge in [0.15, 0.2) is 6.29 Å². The highest BCUT2D eigenvalue weighted by Gasteiger charge is 2.40. The highest BCUT2D eigenvalue weighted by atomic mass is 32.1. The molecule has 3 unspecified atom stereocenters. The van der Waals surface area contributed by atoms with Gasteiger partial charge in [0.2, 0.25) is 0 Å². The Labute approximate surface area is 150 Å². The normalized spacial score (nSPS) is 21.7. The molecule has 2 heterocycles. The van der Waals surface area contributed by atoms with Gasteiger partial charge >= 0.3 is 0 Å². The van der Waals surface area contributed by atoms with Crippen LogP contribution in [0.15, 0.2) is 30.9 Å². The van der Waals surface area contributed by atoms with Crippen LogP contribution in [-0.4, -0.2) is 33.8 Å². The molecule has 3 rings (SSSR count). The van der Waals surface area contributed by atoms with Gasteiger partial charge in [-0.25, -0.2) is 13.8 Å². The molecule has 0 saturated carbocycles. The Morgan fingerprint density at radius 1 is 1.44 bits per heavy atom. The molecule has 0 amide bonds. The topological polar surface area (TPSA) is 49.2 Å². The van der Waals surface area contributed by atoms with Crippen molar-refractivity contribution < 1.29 is 18.3 Å². The Bertz CT molecular complexity index is 695. The molecule has 1 aromatic heterocycles. The van der Waals surface area contributed by atoms with E-state index < -0.39 is 22.5 Å². The van der Waals surface area contributed by atoms with E-state index in [-0.39, 0.29) is 18.4 Å². The third-order valence-corrected chi connectivity index (χ3v) is 5.18. The quantitative estimate of drug-likeness (QED) is 0.794. The smallest absolute Gasteiger partial charge is 0.158 e. The van der Waals surface area contributed by atoms with Crippen LogP contribution in [0.25, 0.3) is 0 Å². The Kier molecular flexibility index (Phi) is 5.71. The first-order valence-electron chi connectivity index (χ1n) is 8.26. The van der Waals surface area contributed by atoms with Crippen LogP contribution in [0.3, 0.4) is 0 Å². The molecule has 3 atom stereocenters. The molecule has 0 spiro atoms. The summed E-state index contributed by atoms with van der Waals surface area (Å²) in [5.74, 6) is -1.08. The van der Waals surface area contributed by atoms with Crippen molar-refractivity contribution in [2.75, 3.05) is 6.61 Å². The van der Waals surface area contributed by atoms with E-state index in [1.807, 2.05) is 0 Å². The van der Waals surface area contributed by atoms with E-state index in [1.54, 1.807) is 6.92 Å². The highest BCUT2D eigenvalue weighted by Crippen LogP contribution is 2.38. The van der Waals surface area contributed by atoms with Crippen molar-refractivity contribution in [2.45, 2.75) is 49.9 Å². The van der Waals surface area contributed by atoms with E-state index >= 15 is 0 Å². The average Bonchev–Trinajstić information content (AvgIpc) is 3.10. The van der Waals surface area contributed by atoms with Crippen LogP contribution in [0.5, 0.6) is 0 Å². The summed E-state index contributed by atoms with van der Waals surface area (Å²) in [4.78, 5) is 3.90. The molecule has 1 aromatic carbocycles. The molecule has 0 aliphatic carbocycles. The van der Waals surface area contributed by atoms with Crippen LogP contribution >= 0.6 is 12.6 Å². The minimum Gasteiger partial charge on any atom is -0.353 e. The second-order valence-corrected chi connectivity index (χ2v) is 7.01. The number of halogens is 2. The summed E-state index contributed by atoms with van der Waals surface area (Å²) < 4.78 is 40.3. The third-order valence-electron chi connectivity index (χ3n) is 4.43. The predicted octanol–water partition coefficient (Wildman–Crippen LogP) is 3.31. The van der Waals surface area contributed by atoms with E-state index in [4.69, 9.17) is 22.1 Å². The maximum absolute atomic E-state index is 14.5. The molecular formula is C17H21F2N3O2S. The Balaban J connectivity index is 1.91. The summed E-state index contributed by atoms with van der Waals surface area (Å²) in [7, 11) is 0. The Hall–Kier alpha value is -1.51. The van der Waals surface area contributed by atoms with Gasteiger partial charge in [0.1, 0.15) is 24.3 Å². The molecule has 0 bridgehead atoms. The maximum Gasteiger partial charge on any atom is 0.158 e. The lowest BCUT2D eigenvalue weighted by Crippen LogP contribution is -2.42. The van der Waals surface area contributed by atoms with Gasteiger partial charge in [0, 0.05) is 12.2 Å². The summed E-state index contributed by atoms with van der Waals surface area (Å²) in [6, 6.07) is 3.33. The fourth-order valence-corrected chi connectivity index (χ4v) is 3.36. The summed E-state index contributed by atoms with van der Waals surface area (Å²) in [5, 5.41) is 4.06. The van der Waals surface area contributed by atoms with Crippen LogP contribution < -0.4 is 0 Å². The zero-order chi connectivity index (χ0) is 17.9. The minimum absolute atomic E-state index is 0.120. The fourth-order valence-electron chi connectivity index (χ4n) is 2.98. The van der Waals surface area contributed by atoms with E-state index in [2.05, 4.69) is 10.1 Å². The first kappa shape index (κ1) is 18.3. The van der Waals surface area contributed by atoms with Crippen molar-refractivity contribution in [3.05, 3.63) is 48.1 Å². The fraction of sp³-hybridized carbons (Fsp3) is 0.529. The lowest BCUT2D eigenvalue weighted by molar-refractivity contribution is -0.192. The Morgan fingerprint density at radius 3 is 2.96 bits per heavy atom. The van der Waals surface area contributed by atoms with E-state index in [1.165, 1.54) is 17.3 Å². The summed E-state index contributed by atoms with van der Waals surface area (Å²) >= 11 is 4.73.